The van der Waals surface area contributed by atoms with Gasteiger partial charge in [-0.25, -0.2) is 18.2 Å². The fourth-order valence-corrected chi connectivity index (χ4v) is 2.65. The molecule has 2 N–H and O–H groups in total. The van der Waals surface area contributed by atoms with Crippen molar-refractivity contribution in [3.05, 3.63) is 71.5 Å². The summed E-state index contributed by atoms with van der Waals surface area (Å²) in [5, 5.41) is 12.8. The molecule has 0 aliphatic carbocycles. The molecule has 0 aliphatic rings. The van der Waals surface area contributed by atoms with Crippen LogP contribution in [0.4, 0.5) is 0 Å². The molecule has 0 atom stereocenters. The standard InChI is InChI=1S/C16H14N4O3S/c1-11-2-4-12(5-3-11)16(21)15-10-20(19-18-15)13-6-8-14(9-7-13)24(17,22)23/h2-10H,1H3,(H2,17,22,23). The van der Waals surface area contributed by atoms with E-state index in [1.807, 2.05) is 19.1 Å². The molecule has 1 aromatic heterocycles. The van der Waals surface area contributed by atoms with Crippen molar-refractivity contribution < 1.29 is 13.2 Å². The van der Waals surface area contributed by atoms with Gasteiger partial charge in [-0.3, -0.25) is 4.79 Å². The van der Waals surface area contributed by atoms with E-state index in [2.05, 4.69) is 10.3 Å². The number of aromatic nitrogens is 3. The highest BCUT2D eigenvalue weighted by Gasteiger charge is 2.14. The molecule has 3 aromatic rings. The first kappa shape index (κ1) is 16.0. The van der Waals surface area contributed by atoms with Crippen molar-refractivity contribution in [1.29, 1.82) is 0 Å². The largest absolute Gasteiger partial charge is 0.287 e. The number of nitrogens with two attached hydrogens (primary N) is 1. The molecule has 8 heteroatoms. The van der Waals surface area contributed by atoms with Crippen LogP contribution in [0.5, 0.6) is 0 Å². The van der Waals surface area contributed by atoms with Crippen LogP contribution in [-0.2, 0) is 10.0 Å². The molecule has 0 bridgehead atoms. The molecule has 1 heterocycles. The number of hydrogen-bond acceptors (Lipinski definition) is 5. The van der Waals surface area contributed by atoms with Crippen molar-refractivity contribution in [3.63, 3.8) is 0 Å². The number of benzene rings is 2. The summed E-state index contributed by atoms with van der Waals surface area (Å²) in [6.45, 7) is 1.94. The lowest BCUT2D eigenvalue weighted by molar-refractivity contribution is 0.103. The number of carbonyl (C=O) groups is 1. The molecule has 3 rings (SSSR count). The lowest BCUT2D eigenvalue weighted by Gasteiger charge is -2.01. The van der Waals surface area contributed by atoms with Crippen LogP contribution in [0.3, 0.4) is 0 Å². The predicted molar refractivity (Wildman–Crippen MR) is 87.3 cm³/mol. The van der Waals surface area contributed by atoms with Gasteiger partial charge in [0.2, 0.25) is 15.8 Å². The van der Waals surface area contributed by atoms with Gasteiger partial charge in [-0.15, -0.1) is 5.10 Å². The Morgan fingerprint density at radius 2 is 1.67 bits per heavy atom. The van der Waals surface area contributed by atoms with Gasteiger partial charge in [0.1, 0.15) is 0 Å². The van der Waals surface area contributed by atoms with E-state index < -0.39 is 10.0 Å². The van der Waals surface area contributed by atoms with Gasteiger partial charge in [0.25, 0.3) is 0 Å². The highest BCUT2D eigenvalue weighted by molar-refractivity contribution is 7.89. The van der Waals surface area contributed by atoms with Gasteiger partial charge >= 0.3 is 0 Å². The number of hydrogen-bond donors (Lipinski definition) is 1. The quantitative estimate of drug-likeness (QED) is 0.722. The average Bonchev–Trinajstić information content (AvgIpc) is 3.04. The van der Waals surface area contributed by atoms with Crippen molar-refractivity contribution >= 4 is 15.8 Å². The molecule has 0 saturated heterocycles. The van der Waals surface area contributed by atoms with Crippen LogP contribution in [0, 0.1) is 6.92 Å². The van der Waals surface area contributed by atoms with Gasteiger partial charge in [0.15, 0.2) is 5.69 Å². The fourth-order valence-electron chi connectivity index (χ4n) is 2.14. The summed E-state index contributed by atoms with van der Waals surface area (Å²) in [4.78, 5) is 12.4. The second-order valence-corrected chi connectivity index (χ2v) is 6.84. The summed E-state index contributed by atoms with van der Waals surface area (Å²) in [5.74, 6) is -0.234. The Bertz CT molecular complexity index is 991. The van der Waals surface area contributed by atoms with Crippen LogP contribution in [-0.4, -0.2) is 29.2 Å². The van der Waals surface area contributed by atoms with Crippen LogP contribution in [0.2, 0.25) is 0 Å². The van der Waals surface area contributed by atoms with E-state index in [1.165, 1.54) is 35.1 Å². The molecule has 2 aromatic carbocycles. The van der Waals surface area contributed by atoms with Gasteiger partial charge in [0, 0.05) is 5.56 Å². The van der Waals surface area contributed by atoms with E-state index >= 15 is 0 Å². The molecular weight excluding hydrogens is 328 g/mol. The molecule has 0 saturated carbocycles. The minimum Gasteiger partial charge on any atom is -0.287 e. The fraction of sp³-hybridized carbons (Fsp3) is 0.0625. The van der Waals surface area contributed by atoms with E-state index in [9.17, 15) is 13.2 Å². The third-order valence-electron chi connectivity index (χ3n) is 3.47. The smallest absolute Gasteiger partial charge is 0.238 e. The van der Waals surface area contributed by atoms with Crippen molar-refractivity contribution in [2.75, 3.05) is 0 Å². The second kappa shape index (κ2) is 5.99. The molecule has 0 fully saturated rings. The van der Waals surface area contributed by atoms with Gasteiger partial charge in [-0.2, -0.15) is 0 Å². The molecular formula is C16H14N4O3S. The topological polar surface area (TPSA) is 108 Å². The minimum absolute atomic E-state index is 0.00215. The predicted octanol–water partition coefficient (Wildman–Crippen LogP) is 1.45. The molecule has 24 heavy (non-hydrogen) atoms. The first-order chi connectivity index (χ1) is 11.3. The second-order valence-electron chi connectivity index (χ2n) is 5.28. The summed E-state index contributed by atoms with van der Waals surface area (Å²) in [6, 6.07) is 13.0. The number of primary sulfonamides is 1. The number of sulfonamides is 1. The number of aryl methyl sites for hydroxylation is 1. The number of ketones is 1. The highest BCUT2D eigenvalue weighted by Crippen LogP contribution is 2.14. The van der Waals surface area contributed by atoms with Crippen LogP contribution in [0.25, 0.3) is 5.69 Å². The van der Waals surface area contributed by atoms with E-state index in [4.69, 9.17) is 5.14 Å². The molecule has 122 valence electrons. The van der Waals surface area contributed by atoms with E-state index in [1.54, 1.807) is 12.1 Å². The van der Waals surface area contributed by atoms with Crippen molar-refractivity contribution in [2.24, 2.45) is 5.14 Å². The lowest BCUT2D eigenvalue weighted by atomic mass is 10.1. The molecule has 0 radical (unpaired) electrons. The lowest BCUT2D eigenvalue weighted by Crippen LogP contribution is -2.12. The zero-order valence-corrected chi connectivity index (χ0v) is 13.6. The number of rotatable bonds is 4. The Kier molecular flexibility index (Phi) is 4.00. The van der Waals surface area contributed by atoms with Gasteiger partial charge in [0.05, 0.1) is 16.8 Å². The zero-order valence-electron chi connectivity index (χ0n) is 12.7. The summed E-state index contributed by atoms with van der Waals surface area (Å²) in [5.41, 5.74) is 2.36. The van der Waals surface area contributed by atoms with Crippen molar-refractivity contribution in [2.45, 2.75) is 11.8 Å². The summed E-state index contributed by atoms with van der Waals surface area (Å²) in [6.07, 6.45) is 1.49. The van der Waals surface area contributed by atoms with Gasteiger partial charge in [-0.05, 0) is 31.2 Å². The maximum atomic E-state index is 12.4. The van der Waals surface area contributed by atoms with Crippen LogP contribution >= 0.6 is 0 Å². The van der Waals surface area contributed by atoms with Crippen molar-refractivity contribution in [1.82, 2.24) is 15.0 Å². The molecule has 0 unspecified atom stereocenters. The SMILES string of the molecule is Cc1ccc(C(=O)c2cn(-c3ccc(S(N)(=O)=O)cc3)nn2)cc1. The van der Waals surface area contributed by atoms with Gasteiger partial charge in [-0.1, -0.05) is 35.0 Å². The third kappa shape index (κ3) is 3.24. The normalized spacial score (nSPS) is 11.4. The molecule has 7 nitrogen and oxygen atoms in total. The monoisotopic (exact) mass is 342 g/mol. The first-order valence-electron chi connectivity index (χ1n) is 7.01. The Morgan fingerprint density at radius 1 is 1.04 bits per heavy atom. The summed E-state index contributed by atoms with van der Waals surface area (Å²) < 4.78 is 23.9. The maximum absolute atomic E-state index is 12.4. The Morgan fingerprint density at radius 3 is 2.25 bits per heavy atom. The number of carbonyl (C=O) groups excluding carboxylic acids is 1. The summed E-state index contributed by atoms with van der Waals surface area (Å²) in [7, 11) is -3.75. The van der Waals surface area contributed by atoms with Crippen molar-refractivity contribution in [3.8, 4) is 5.69 Å². The number of nitrogens with zero attached hydrogens (tertiary/aromatic N) is 3. The highest BCUT2D eigenvalue weighted by atomic mass is 32.2. The van der Waals surface area contributed by atoms with Crippen LogP contribution in [0.15, 0.2) is 59.6 Å². The first-order valence-corrected chi connectivity index (χ1v) is 8.56. The van der Waals surface area contributed by atoms with Crippen LogP contribution < -0.4 is 5.14 Å². The maximum Gasteiger partial charge on any atom is 0.238 e. The zero-order chi connectivity index (χ0) is 17.3. The molecule has 0 aliphatic heterocycles. The van der Waals surface area contributed by atoms with E-state index in [0.29, 0.717) is 11.3 Å². The van der Waals surface area contributed by atoms with E-state index in [0.717, 1.165) is 5.56 Å². The Labute approximate surface area is 138 Å². The van der Waals surface area contributed by atoms with Gasteiger partial charge < -0.3 is 0 Å². The van der Waals surface area contributed by atoms with Crippen LogP contribution in [0.1, 0.15) is 21.6 Å². The van der Waals surface area contributed by atoms with E-state index in [-0.39, 0.29) is 16.4 Å². The Hall–Kier alpha value is -2.84. The minimum atomic E-state index is -3.75. The molecule has 0 amide bonds. The summed E-state index contributed by atoms with van der Waals surface area (Å²) >= 11 is 0. The molecule has 0 spiro atoms. The third-order valence-corrected chi connectivity index (χ3v) is 4.40. The average molecular weight is 342 g/mol. The Balaban J connectivity index is 1.88.